The normalized spacial score (nSPS) is 12.1. The van der Waals surface area contributed by atoms with E-state index in [1.54, 1.807) is 18.2 Å². The van der Waals surface area contributed by atoms with Crippen LogP contribution in [0.5, 0.6) is 11.5 Å². The second-order valence-electron chi connectivity index (χ2n) is 6.13. The first-order valence-corrected chi connectivity index (χ1v) is 10.0. The summed E-state index contributed by atoms with van der Waals surface area (Å²) in [5, 5.41) is 3.37. The third-order valence-electron chi connectivity index (χ3n) is 4.11. The molecular formula is C20H15ClFN3O3S. The molecule has 1 aliphatic rings. The van der Waals surface area contributed by atoms with Gasteiger partial charge in [-0.25, -0.2) is 14.4 Å². The number of halogens is 2. The van der Waals surface area contributed by atoms with Crippen LogP contribution in [0.4, 0.5) is 4.39 Å². The molecule has 6 nitrogen and oxygen atoms in total. The molecular weight excluding hydrogens is 417 g/mol. The van der Waals surface area contributed by atoms with E-state index < -0.39 is 5.91 Å². The number of hydrogen-bond donors (Lipinski definition) is 1. The van der Waals surface area contributed by atoms with Crippen molar-refractivity contribution in [3.63, 3.8) is 0 Å². The summed E-state index contributed by atoms with van der Waals surface area (Å²) in [5.74, 6) is 1.18. The van der Waals surface area contributed by atoms with Crippen molar-refractivity contribution in [3.05, 3.63) is 76.3 Å². The molecule has 0 atom stereocenters. The van der Waals surface area contributed by atoms with Gasteiger partial charge in [0.15, 0.2) is 22.3 Å². The molecule has 2 aromatic carbocycles. The number of carbonyl (C=O) groups excluding carboxylic acids is 1. The van der Waals surface area contributed by atoms with Crippen molar-refractivity contribution in [2.24, 2.45) is 0 Å². The highest BCUT2D eigenvalue weighted by molar-refractivity contribution is 7.98. The van der Waals surface area contributed by atoms with Gasteiger partial charge in [-0.05, 0) is 35.4 Å². The molecule has 1 N–H and O–H groups in total. The van der Waals surface area contributed by atoms with E-state index in [0.29, 0.717) is 22.4 Å². The van der Waals surface area contributed by atoms with Gasteiger partial charge in [-0.3, -0.25) is 4.79 Å². The van der Waals surface area contributed by atoms with Crippen molar-refractivity contribution in [1.29, 1.82) is 0 Å². The van der Waals surface area contributed by atoms with Crippen LogP contribution in [-0.4, -0.2) is 22.7 Å². The van der Waals surface area contributed by atoms with E-state index in [0.717, 1.165) is 11.1 Å². The Morgan fingerprint density at radius 2 is 1.90 bits per heavy atom. The molecule has 148 valence electrons. The second kappa shape index (κ2) is 8.67. The topological polar surface area (TPSA) is 73.3 Å². The van der Waals surface area contributed by atoms with Crippen LogP contribution in [0.15, 0.2) is 53.8 Å². The number of hydrogen-bond acceptors (Lipinski definition) is 6. The van der Waals surface area contributed by atoms with Gasteiger partial charge >= 0.3 is 0 Å². The van der Waals surface area contributed by atoms with Crippen molar-refractivity contribution in [3.8, 4) is 11.5 Å². The van der Waals surface area contributed by atoms with Crippen LogP contribution in [0.25, 0.3) is 0 Å². The van der Waals surface area contributed by atoms with Crippen LogP contribution in [-0.2, 0) is 12.3 Å². The Balaban J connectivity index is 1.39. The van der Waals surface area contributed by atoms with Gasteiger partial charge in [0.25, 0.3) is 5.91 Å². The first-order valence-electron chi connectivity index (χ1n) is 8.65. The molecule has 0 aliphatic carbocycles. The standard InChI is InChI=1S/C20H15ClFN3O3S/c21-15-9-24-20(29-10-12-1-4-14(22)5-2-12)25-18(15)19(26)23-8-13-3-6-16-17(7-13)28-11-27-16/h1-7,9H,8,10-11H2,(H,23,26). The molecule has 4 rings (SSSR count). The Hall–Kier alpha value is -2.84. The fraction of sp³-hybridized carbons (Fsp3) is 0.150. The predicted octanol–water partition coefficient (Wildman–Crippen LogP) is 4.22. The monoisotopic (exact) mass is 431 g/mol. The zero-order valence-corrected chi connectivity index (χ0v) is 16.6. The van der Waals surface area contributed by atoms with E-state index in [2.05, 4.69) is 15.3 Å². The van der Waals surface area contributed by atoms with Gasteiger partial charge in [0.2, 0.25) is 6.79 Å². The van der Waals surface area contributed by atoms with Crippen molar-refractivity contribution < 1.29 is 18.7 Å². The molecule has 9 heteroatoms. The molecule has 0 unspecified atom stereocenters. The molecule has 1 aliphatic heterocycles. The number of rotatable bonds is 6. The summed E-state index contributed by atoms with van der Waals surface area (Å²) < 4.78 is 23.6. The minimum Gasteiger partial charge on any atom is -0.454 e. The summed E-state index contributed by atoms with van der Waals surface area (Å²) in [6.07, 6.45) is 1.40. The second-order valence-corrected chi connectivity index (χ2v) is 7.48. The smallest absolute Gasteiger partial charge is 0.271 e. The minimum atomic E-state index is -0.404. The number of thioether (sulfide) groups is 1. The summed E-state index contributed by atoms with van der Waals surface area (Å²) in [7, 11) is 0. The van der Waals surface area contributed by atoms with Crippen LogP contribution in [0.3, 0.4) is 0 Å². The number of aromatic nitrogens is 2. The van der Waals surface area contributed by atoms with Gasteiger partial charge in [0.1, 0.15) is 5.82 Å². The Morgan fingerprint density at radius 3 is 2.72 bits per heavy atom. The lowest BCUT2D eigenvalue weighted by atomic mass is 10.2. The molecule has 0 saturated heterocycles. The molecule has 29 heavy (non-hydrogen) atoms. The quantitative estimate of drug-likeness (QED) is 0.465. The summed E-state index contributed by atoms with van der Waals surface area (Å²) >= 11 is 7.44. The number of benzene rings is 2. The van der Waals surface area contributed by atoms with Crippen LogP contribution in [0.1, 0.15) is 21.6 Å². The third-order valence-corrected chi connectivity index (χ3v) is 5.32. The van der Waals surface area contributed by atoms with Crippen LogP contribution in [0.2, 0.25) is 5.02 Å². The van der Waals surface area contributed by atoms with Gasteiger partial charge in [-0.15, -0.1) is 0 Å². The highest BCUT2D eigenvalue weighted by Crippen LogP contribution is 2.32. The van der Waals surface area contributed by atoms with Crippen molar-refractivity contribution in [2.75, 3.05) is 6.79 Å². The summed E-state index contributed by atoms with van der Waals surface area (Å²) in [6, 6.07) is 11.6. The van der Waals surface area contributed by atoms with Gasteiger partial charge < -0.3 is 14.8 Å². The van der Waals surface area contributed by atoms with Gasteiger partial charge in [-0.2, -0.15) is 0 Å². The Labute approximate surface area is 175 Å². The number of nitrogens with one attached hydrogen (secondary N) is 1. The van der Waals surface area contributed by atoms with Crippen molar-refractivity contribution in [2.45, 2.75) is 17.5 Å². The fourth-order valence-corrected chi connectivity index (χ4v) is 3.57. The van der Waals surface area contributed by atoms with E-state index in [1.807, 2.05) is 12.1 Å². The van der Waals surface area contributed by atoms with Crippen LogP contribution >= 0.6 is 23.4 Å². The van der Waals surface area contributed by atoms with Gasteiger partial charge in [0, 0.05) is 12.3 Å². The highest BCUT2D eigenvalue weighted by Gasteiger charge is 2.16. The third kappa shape index (κ3) is 4.78. The number of ether oxygens (including phenoxy) is 2. The molecule has 0 radical (unpaired) electrons. The zero-order valence-electron chi connectivity index (χ0n) is 15.0. The summed E-state index contributed by atoms with van der Waals surface area (Å²) in [5.41, 5.74) is 1.88. The SMILES string of the molecule is O=C(NCc1ccc2c(c1)OCO2)c1nc(SCc2ccc(F)cc2)ncc1Cl. The van der Waals surface area contributed by atoms with E-state index >= 15 is 0 Å². The molecule has 0 bridgehead atoms. The van der Waals surface area contributed by atoms with Crippen molar-refractivity contribution in [1.82, 2.24) is 15.3 Å². The summed E-state index contributed by atoms with van der Waals surface area (Å²) in [6.45, 7) is 0.480. The fourth-order valence-electron chi connectivity index (χ4n) is 2.63. The van der Waals surface area contributed by atoms with E-state index in [-0.39, 0.29) is 29.9 Å². The first kappa shape index (κ1) is 19.5. The van der Waals surface area contributed by atoms with Gasteiger partial charge in [0.05, 0.1) is 11.2 Å². The highest BCUT2D eigenvalue weighted by atomic mass is 35.5. The predicted molar refractivity (Wildman–Crippen MR) is 107 cm³/mol. The lowest BCUT2D eigenvalue weighted by Crippen LogP contribution is -2.24. The zero-order chi connectivity index (χ0) is 20.2. The Bertz CT molecular complexity index is 1050. The molecule has 0 fully saturated rings. The van der Waals surface area contributed by atoms with Crippen molar-refractivity contribution >= 4 is 29.3 Å². The van der Waals surface area contributed by atoms with E-state index in [1.165, 1.54) is 30.1 Å². The lowest BCUT2D eigenvalue weighted by molar-refractivity contribution is 0.0945. The first-order chi connectivity index (χ1) is 14.1. The summed E-state index contributed by atoms with van der Waals surface area (Å²) in [4.78, 5) is 21.0. The average Bonchev–Trinajstić information content (AvgIpc) is 3.20. The number of amides is 1. The maximum atomic E-state index is 13.0. The van der Waals surface area contributed by atoms with E-state index in [9.17, 15) is 9.18 Å². The Morgan fingerprint density at radius 1 is 1.14 bits per heavy atom. The lowest BCUT2D eigenvalue weighted by Gasteiger charge is -2.08. The van der Waals surface area contributed by atoms with Gasteiger partial charge in [-0.1, -0.05) is 41.6 Å². The maximum absolute atomic E-state index is 13.0. The molecule has 2 heterocycles. The number of fused-ring (bicyclic) bond motifs is 1. The molecule has 0 saturated carbocycles. The number of nitrogens with zero attached hydrogens (tertiary/aromatic N) is 2. The maximum Gasteiger partial charge on any atom is 0.271 e. The minimum absolute atomic E-state index is 0.101. The molecule has 0 spiro atoms. The average molecular weight is 432 g/mol. The van der Waals surface area contributed by atoms with Crippen LogP contribution < -0.4 is 14.8 Å². The molecule has 3 aromatic rings. The molecule has 1 aromatic heterocycles. The number of carbonyl (C=O) groups is 1. The molecule has 1 amide bonds. The Kier molecular flexibility index (Phi) is 5.82. The van der Waals surface area contributed by atoms with E-state index in [4.69, 9.17) is 21.1 Å². The largest absolute Gasteiger partial charge is 0.454 e. The van der Waals surface area contributed by atoms with Crippen LogP contribution in [0, 0.1) is 5.82 Å².